The first-order valence-electron chi connectivity index (χ1n) is 7.94. The third-order valence-corrected chi connectivity index (χ3v) is 4.18. The maximum Gasteiger partial charge on any atom is 0.322 e. The third-order valence-electron chi connectivity index (χ3n) is 4.18. The maximum atomic E-state index is 12.9. The Morgan fingerprint density at radius 3 is 2.71 bits per heavy atom. The van der Waals surface area contributed by atoms with Crippen molar-refractivity contribution in [3.05, 3.63) is 47.0 Å². The number of hydrogen-bond acceptors (Lipinski definition) is 3. The normalized spacial score (nSPS) is 14.0. The van der Waals surface area contributed by atoms with Gasteiger partial charge in [0.15, 0.2) is 0 Å². The molecule has 1 aliphatic heterocycles. The molecule has 6 nitrogen and oxygen atoms in total. The molecule has 0 bridgehead atoms. The van der Waals surface area contributed by atoms with Crippen LogP contribution in [-0.4, -0.2) is 46.3 Å². The van der Waals surface area contributed by atoms with Gasteiger partial charge in [0.05, 0.1) is 17.9 Å². The average molecular weight is 331 g/mol. The second-order valence-electron chi connectivity index (χ2n) is 6.34. The van der Waals surface area contributed by atoms with Gasteiger partial charge in [0.2, 0.25) is 0 Å². The van der Waals surface area contributed by atoms with Crippen molar-refractivity contribution in [1.82, 2.24) is 19.6 Å². The first-order valence-corrected chi connectivity index (χ1v) is 7.94. The highest BCUT2D eigenvalue weighted by Crippen LogP contribution is 2.23. The van der Waals surface area contributed by atoms with Crippen molar-refractivity contribution >= 4 is 11.7 Å². The SMILES string of the molecule is CN(C)Cc1nn(C)c2c1CCN(C(=O)Nc1ccc(F)cc1)C2. The maximum absolute atomic E-state index is 12.9. The highest BCUT2D eigenvalue weighted by atomic mass is 19.1. The van der Waals surface area contributed by atoms with Crippen molar-refractivity contribution in [2.24, 2.45) is 7.05 Å². The number of nitrogens with one attached hydrogen (secondary N) is 1. The number of aromatic nitrogens is 2. The first kappa shape index (κ1) is 16.4. The second-order valence-corrected chi connectivity index (χ2v) is 6.34. The van der Waals surface area contributed by atoms with Crippen LogP contribution in [0.25, 0.3) is 0 Å². The zero-order valence-electron chi connectivity index (χ0n) is 14.2. The summed E-state index contributed by atoms with van der Waals surface area (Å²) < 4.78 is 14.8. The number of benzene rings is 1. The van der Waals surface area contributed by atoms with E-state index in [2.05, 4.69) is 15.3 Å². The van der Waals surface area contributed by atoms with E-state index in [0.29, 0.717) is 18.8 Å². The summed E-state index contributed by atoms with van der Waals surface area (Å²) in [5.41, 5.74) is 3.99. The van der Waals surface area contributed by atoms with Crippen molar-refractivity contribution < 1.29 is 9.18 Å². The van der Waals surface area contributed by atoms with Crippen LogP contribution in [0.4, 0.5) is 14.9 Å². The van der Waals surface area contributed by atoms with Crippen LogP contribution in [0.1, 0.15) is 17.0 Å². The van der Waals surface area contributed by atoms with Crippen molar-refractivity contribution in [2.45, 2.75) is 19.5 Å². The Morgan fingerprint density at radius 2 is 2.04 bits per heavy atom. The molecule has 0 atom stereocenters. The van der Waals surface area contributed by atoms with E-state index in [0.717, 1.165) is 24.4 Å². The molecule has 1 aromatic carbocycles. The lowest BCUT2D eigenvalue weighted by Crippen LogP contribution is -2.39. The molecule has 2 aromatic rings. The van der Waals surface area contributed by atoms with E-state index in [1.807, 2.05) is 25.8 Å². The summed E-state index contributed by atoms with van der Waals surface area (Å²) >= 11 is 0. The van der Waals surface area contributed by atoms with Crippen LogP contribution in [0, 0.1) is 5.82 Å². The van der Waals surface area contributed by atoms with Crippen LogP contribution in [-0.2, 0) is 26.6 Å². The van der Waals surface area contributed by atoms with Crippen LogP contribution in [0.3, 0.4) is 0 Å². The summed E-state index contributed by atoms with van der Waals surface area (Å²) in [7, 11) is 5.96. The van der Waals surface area contributed by atoms with Gasteiger partial charge >= 0.3 is 6.03 Å². The summed E-state index contributed by atoms with van der Waals surface area (Å²) in [6, 6.07) is 5.60. The van der Waals surface area contributed by atoms with Gasteiger partial charge in [-0.15, -0.1) is 0 Å². The number of nitrogens with zero attached hydrogens (tertiary/aromatic N) is 4. The standard InChI is InChI=1S/C17H22FN5O/c1-21(2)10-15-14-8-9-23(11-16(14)22(3)20-15)17(24)19-13-6-4-12(18)5-7-13/h4-7H,8-11H2,1-3H3,(H,19,24). The van der Waals surface area contributed by atoms with E-state index in [1.165, 1.54) is 17.7 Å². The molecule has 7 heteroatoms. The fraction of sp³-hybridized carbons (Fsp3) is 0.412. The molecule has 0 radical (unpaired) electrons. The fourth-order valence-electron chi connectivity index (χ4n) is 2.99. The lowest BCUT2D eigenvalue weighted by molar-refractivity contribution is 0.204. The van der Waals surface area contributed by atoms with Gasteiger partial charge in [-0.1, -0.05) is 0 Å². The lowest BCUT2D eigenvalue weighted by Gasteiger charge is -2.28. The van der Waals surface area contributed by atoms with E-state index in [1.54, 1.807) is 17.0 Å². The molecule has 0 fully saturated rings. The Morgan fingerprint density at radius 1 is 1.33 bits per heavy atom. The third kappa shape index (κ3) is 3.41. The number of urea groups is 1. The van der Waals surface area contributed by atoms with Crippen molar-refractivity contribution in [2.75, 3.05) is 26.0 Å². The summed E-state index contributed by atoms with van der Waals surface area (Å²) in [6.07, 6.45) is 0.795. The van der Waals surface area contributed by atoms with Gasteiger partial charge in [-0.2, -0.15) is 5.10 Å². The van der Waals surface area contributed by atoms with Gasteiger partial charge in [-0.05, 0) is 44.8 Å². The minimum absolute atomic E-state index is 0.178. The van der Waals surface area contributed by atoms with Gasteiger partial charge in [0, 0.05) is 31.4 Å². The van der Waals surface area contributed by atoms with Crippen LogP contribution in [0.5, 0.6) is 0 Å². The average Bonchev–Trinajstić information content (AvgIpc) is 2.84. The Bertz CT molecular complexity index is 738. The van der Waals surface area contributed by atoms with Crippen LogP contribution < -0.4 is 5.32 Å². The zero-order valence-corrected chi connectivity index (χ0v) is 14.2. The highest BCUT2D eigenvalue weighted by molar-refractivity contribution is 5.89. The number of halogens is 1. The molecular weight excluding hydrogens is 309 g/mol. The summed E-state index contributed by atoms with van der Waals surface area (Å²) in [5, 5.41) is 7.41. The topological polar surface area (TPSA) is 53.4 Å². The number of anilines is 1. The van der Waals surface area contributed by atoms with Crippen LogP contribution in [0.2, 0.25) is 0 Å². The Hall–Kier alpha value is -2.41. The van der Waals surface area contributed by atoms with Crippen molar-refractivity contribution in [1.29, 1.82) is 0 Å². The summed E-state index contributed by atoms with van der Waals surface area (Å²) in [5.74, 6) is -0.320. The van der Waals surface area contributed by atoms with E-state index in [-0.39, 0.29) is 11.8 Å². The summed E-state index contributed by atoms with van der Waals surface area (Å²) in [6.45, 7) is 1.97. The second kappa shape index (κ2) is 6.60. The van der Waals surface area contributed by atoms with E-state index in [9.17, 15) is 9.18 Å². The molecular formula is C17H22FN5O. The van der Waals surface area contributed by atoms with Crippen LogP contribution in [0.15, 0.2) is 24.3 Å². The molecule has 1 aliphatic rings. The highest BCUT2D eigenvalue weighted by Gasteiger charge is 2.26. The lowest BCUT2D eigenvalue weighted by atomic mass is 10.0. The predicted molar refractivity (Wildman–Crippen MR) is 90.1 cm³/mol. The molecule has 3 rings (SSSR count). The fourth-order valence-corrected chi connectivity index (χ4v) is 2.99. The van der Waals surface area contributed by atoms with Crippen molar-refractivity contribution in [3.63, 3.8) is 0 Å². The summed E-state index contributed by atoms with van der Waals surface area (Å²) in [4.78, 5) is 16.3. The molecule has 0 spiro atoms. The first-order chi connectivity index (χ1) is 11.4. The predicted octanol–water partition coefficient (Wildman–Crippen LogP) is 2.21. The van der Waals surface area contributed by atoms with Crippen LogP contribution >= 0.6 is 0 Å². The molecule has 0 aliphatic carbocycles. The van der Waals surface area contributed by atoms with E-state index >= 15 is 0 Å². The van der Waals surface area contributed by atoms with Gasteiger partial charge in [0.25, 0.3) is 0 Å². The minimum atomic E-state index is -0.320. The monoisotopic (exact) mass is 331 g/mol. The number of aryl methyl sites for hydroxylation is 1. The van der Waals surface area contributed by atoms with Crippen molar-refractivity contribution in [3.8, 4) is 0 Å². The number of carbonyl (C=O) groups is 1. The van der Waals surface area contributed by atoms with E-state index < -0.39 is 0 Å². The molecule has 1 N–H and O–H groups in total. The number of hydrogen-bond donors (Lipinski definition) is 1. The molecule has 24 heavy (non-hydrogen) atoms. The van der Waals surface area contributed by atoms with Gasteiger partial charge in [0.1, 0.15) is 5.82 Å². The molecule has 1 aromatic heterocycles. The van der Waals surface area contributed by atoms with Gasteiger partial charge in [-0.3, -0.25) is 4.68 Å². The van der Waals surface area contributed by atoms with Gasteiger partial charge in [-0.25, -0.2) is 9.18 Å². The molecule has 0 saturated heterocycles. The van der Waals surface area contributed by atoms with Gasteiger partial charge < -0.3 is 15.1 Å². The molecule has 2 amide bonds. The molecule has 0 unspecified atom stereocenters. The molecule has 2 heterocycles. The van der Waals surface area contributed by atoms with E-state index in [4.69, 9.17) is 0 Å². The largest absolute Gasteiger partial charge is 0.322 e. The minimum Gasteiger partial charge on any atom is -0.318 e. The Balaban J connectivity index is 1.71. The number of fused-ring (bicyclic) bond motifs is 1. The Labute approximate surface area is 140 Å². The Kier molecular flexibility index (Phi) is 4.53. The zero-order chi connectivity index (χ0) is 17.3. The quantitative estimate of drug-likeness (QED) is 0.938. The number of carbonyl (C=O) groups excluding carboxylic acids is 1. The molecule has 128 valence electrons. The smallest absolute Gasteiger partial charge is 0.318 e. The molecule has 0 saturated carbocycles. The number of rotatable bonds is 3. The number of amides is 2.